The molecule has 3 rings (SSSR count). The lowest BCUT2D eigenvalue weighted by Crippen LogP contribution is -2.30. The van der Waals surface area contributed by atoms with E-state index in [1.54, 1.807) is 37.4 Å². The fourth-order valence-electron chi connectivity index (χ4n) is 2.74. The first-order valence-electron chi connectivity index (χ1n) is 8.81. The first-order chi connectivity index (χ1) is 13.9. The van der Waals surface area contributed by atoms with Crippen LogP contribution < -0.4 is 15.8 Å². The molecule has 8 heteroatoms. The van der Waals surface area contributed by atoms with Gasteiger partial charge in [-0.1, -0.05) is 0 Å². The molecule has 0 aliphatic carbocycles. The molecule has 29 heavy (non-hydrogen) atoms. The summed E-state index contributed by atoms with van der Waals surface area (Å²) in [6.45, 7) is 1.48. The van der Waals surface area contributed by atoms with Crippen LogP contribution in [0.1, 0.15) is 22.8 Å². The zero-order valence-corrected chi connectivity index (χ0v) is 15.9. The van der Waals surface area contributed by atoms with Crippen molar-refractivity contribution in [1.82, 2.24) is 0 Å². The highest BCUT2D eigenvalue weighted by Crippen LogP contribution is 2.26. The highest BCUT2D eigenvalue weighted by Gasteiger charge is 2.20. The third-order valence-electron chi connectivity index (χ3n) is 4.31. The molecule has 0 saturated heterocycles. The van der Waals surface area contributed by atoms with E-state index in [0.717, 1.165) is 5.39 Å². The maximum atomic E-state index is 12.2. The van der Waals surface area contributed by atoms with Gasteiger partial charge in [0.15, 0.2) is 6.10 Å². The molecule has 0 bridgehead atoms. The van der Waals surface area contributed by atoms with Crippen molar-refractivity contribution in [2.75, 3.05) is 12.4 Å². The van der Waals surface area contributed by atoms with Gasteiger partial charge in [-0.3, -0.25) is 14.4 Å². The third kappa shape index (κ3) is 4.73. The predicted molar refractivity (Wildman–Crippen MR) is 106 cm³/mol. The normalized spacial score (nSPS) is 11.7. The summed E-state index contributed by atoms with van der Waals surface area (Å²) in [5.74, 6) is -0.965. The Morgan fingerprint density at radius 2 is 1.86 bits per heavy atom. The van der Waals surface area contributed by atoms with Gasteiger partial charge in [0.2, 0.25) is 5.91 Å². The highest BCUT2D eigenvalue weighted by atomic mass is 16.5. The van der Waals surface area contributed by atoms with Crippen molar-refractivity contribution in [3.63, 3.8) is 0 Å². The first kappa shape index (κ1) is 19.9. The molecule has 8 nitrogen and oxygen atoms in total. The number of carbonyl (C=O) groups is 3. The smallest absolute Gasteiger partial charge is 0.311 e. The van der Waals surface area contributed by atoms with Crippen molar-refractivity contribution in [2.45, 2.75) is 19.4 Å². The number of methoxy groups -OCH3 is 1. The summed E-state index contributed by atoms with van der Waals surface area (Å²) in [6, 6.07) is 11.4. The lowest BCUT2D eigenvalue weighted by atomic mass is 10.1. The van der Waals surface area contributed by atoms with E-state index in [9.17, 15) is 14.4 Å². The summed E-state index contributed by atoms with van der Waals surface area (Å²) in [6.07, 6.45) is 0.442. The van der Waals surface area contributed by atoms with E-state index >= 15 is 0 Å². The molecule has 0 fully saturated rings. The number of fused-ring (bicyclic) bond motifs is 1. The van der Waals surface area contributed by atoms with Crippen molar-refractivity contribution in [3.05, 3.63) is 59.9 Å². The van der Waals surface area contributed by atoms with Gasteiger partial charge in [0.05, 0.1) is 19.8 Å². The number of furan rings is 1. The van der Waals surface area contributed by atoms with E-state index in [4.69, 9.17) is 19.6 Å². The Morgan fingerprint density at radius 1 is 1.14 bits per heavy atom. The summed E-state index contributed by atoms with van der Waals surface area (Å²) in [5.41, 5.74) is 7.21. The number of primary amides is 1. The Balaban J connectivity index is 1.58. The molecule has 1 heterocycles. The van der Waals surface area contributed by atoms with Crippen molar-refractivity contribution in [1.29, 1.82) is 0 Å². The maximum absolute atomic E-state index is 12.2. The van der Waals surface area contributed by atoms with Crippen LogP contribution in [-0.2, 0) is 20.7 Å². The Kier molecular flexibility index (Phi) is 5.82. The van der Waals surface area contributed by atoms with Crippen LogP contribution in [0.2, 0.25) is 0 Å². The molecular weight excluding hydrogens is 376 g/mol. The molecule has 150 valence electrons. The standard InChI is InChI=1S/C21H20N2O6/c1-12(21(26)23-15-5-3-13(4-6-15)20(22)25)29-19(24)9-14-11-28-18-10-16(27-2)7-8-17(14)18/h3-8,10-12H,9H2,1-2H3,(H2,22,25)(H,23,26). The second kappa shape index (κ2) is 8.47. The van der Waals surface area contributed by atoms with E-state index in [0.29, 0.717) is 28.1 Å². The molecule has 1 unspecified atom stereocenters. The largest absolute Gasteiger partial charge is 0.497 e. The van der Waals surface area contributed by atoms with Gasteiger partial charge in [0.1, 0.15) is 11.3 Å². The van der Waals surface area contributed by atoms with E-state index in [-0.39, 0.29) is 6.42 Å². The van der Waals surface area contributed by atoms with Gasteiger partial charge in [-0.2, -0.15) is 0 Å². The molecule has 3 N–H and O–H groups in total. The summed E-state index contributed by atoms with van der Waals surface area (Å²) in [5, 5.41) is 3.39. The number of hydrogen-bond donors (Lipinski definition) is 2. The number of benzene rings is 2. The number of amides is 2. The van der Waals surface area contributed by atoms with Crippen LogP contribution in [0, 0.1) is 0 Å². The van der Waals surface area contributed by atoms with Crippen LogP contribution in [0.15, 0.2) is 53.1 Å². The Labute approximate surface area is 166 Å². The van der Waals surface area contributed by atoms with Crippen LogP contribution in [0.4, 0.5) is 5.69 Å². The molecule has 0 aliphatic rings. The third-order valence-corrected chi connectivity index (χ3v) is 4.31. The van der Waals surface area contributed by atoms with Crippen molar-refractivity contribution in [3.8, 4) is 5.75 Å². The molecule has 1 aromatic heterocycles. The number of hydrogen-bond acceptors (Lipinski definition) is 6. The number of rotatable bonds is 7. The monoisotopic (exact) mass is 396 g/mol. The number of carbonyl (C=O) groups excluding carboxylic acids is 3. The van der Waals surface area contributed by atoms with Crippen molar-refractivity contribution < 1.29 is 28.3 Å². The molecule has 0 radical (unpaired) electrons. The number of nitrogens with two attached hydrogens (primary N) is 1. The SMILES string of the molecule is COc1ccc2c(CC(=O)OC(C)C(=O)Nc3ccc(C(N)=O)cc3)coc2c1. The summed E-state index contributed by atoms with van der Waals surface area (Å²) >= 11 is 0. The van der Waals surface area contributed by atoms with E-state index in [1.165, 1.54) is 25.3 Å². The molecule has 0 aliphatic heterocycles. The van der Waals surface area contributed by atoms with Gasteiger partial charge in [0.25, 0.3) is 5.91 Å². The Bertz CT molecular complexity index is 1050. The molecule has 3 aromatic rings. The average molecular weight is 396 g/mol. The zero-order valence-electron chi connectivity index (χ0n) is 15.9. The minimum atomic E-state index is -1.00. The number of esters is 1. The van der Waals surface area contributed by atoms with E-state index < -0.39 is 23.9 Å². The van der Waals surface area contributed by atoms with Crippen molar-refractivity contribution in [2.24, 2.45) is 5.73 Å². The lowest BCUT2D eigenvalue weighted by Gasteiger charge is -2.13. The fourth-order valence-corrected chi connectivity index (χ4v) is 2.74. The highest BCUT2D eigenvalue weighted by molar-refractivity contribution is 5.97. The van der Waals surface area contributed by atoms with E-state index in [2.05, 4.69) is 5.32 Å². The van der Waals surface area contributed by atoms with Gasteiger partial charge >= 0.3 is 5.97 Å². The van der Waals surface area contributed by atoms with Crippen LogP contribution in [0.3, 0.4) is 0 Å². The van der Waals surface area contributed by atoms with Crippen molar-refractivity contribution >= 4 is 34.4 Å². The fraction of sp³-hybridized carbons (Fsp3) is 0.190. The topological polar surface area (TPSA) is 121 Å². The molecule has 2 amide bonds. The minimum Gasteiger partial charge on any atom is -0.497 e. The quantitative estimate of drug-likeness (QED) is 0.592. The van der Waals surface area contributed by atoms with Crippen LogP contribution in [-0.4, -0.2) is 31.0 Å². The number of nitrogens with one attached hydrogen (secondary N) is 1. The summed E-state index contributed by atoms with van der Waals surface area (Å²) in [7, 11) is 1.56. The molecule has 0 saturated carbocycles. The molecular formula is C21H20N2O6. The van der Waals surface area contributed by atoms with E-state index in [1.807, 2.05) is 0 Å². The second-order valence-corrected chi connectivity index (χ2v) is 6.36. The maximum Gasteiger partial charge on any atom is 0.311 e. The average Bonchev–Trinajstić information content (AvgIpc) is 3.09. The van der Waals surface area contributed by atoms with Gasteiger partial charge in [-0.05, 0) is 43.3 Å². The van der Waals surface area contributed by atoms with Gasteiger partial charge in [-0.15, -0.1) is 0 Å². The molecule has 1 atom stereocenters. The second-order valence-electron chi connectivity index (χ2n) is 6.36. The van der Waals surface area contributed by atoms with Gasteiger partial charge in [-0.25, -0.2) is 0 Å². The first-order valence-corrected chi connectivity index (χ1v) is 8.81. The Hall–Kier alpha value is -3.81. The zero-order chi connectivity index (χ0) is 21.0. The van der Waals surface area contributed by atoms with Crippen LogP contribution >= 0.6 is 0 Å². The molecule has 0 spiro atoms. The van der Waals surface area contributed by atoms with Gasteiger partial charge < -0.3 is 24.9 Å². The van der Waals surface area contributed by atoms with Gasteiger partial charge in [0, 0.05) is 28.3 Å². The molecule has 2 aromatic carbocycles. The number of ether oxygens (including phenoxy) is 2. The number of anilines is 1. The Morgan fingerprint density at radius 3 is 2.52 bits per heavy atom. The van der Waals surface area contributed by atoms with Crippen LogP contribution in [0.25, 0.3) is 11.0 Å². The minimum absolute atomic E-state index is 0.0374. The van der Waals surface area contributed by atoms with Crippen LogP contribution in [0.5, 0.6) is 5.75 Å². The predicted octanol–water partition coefficient (Wildman–Crippen LogP) is 2.65. The lowest BCUT2D eigenvalue weighted by molar-refractivity contribution is -0.152. The summed E-state index contributed by atoms with van der Waals surface area (Å²) in [4.78, 5) is 35.6. The summed E-state index contributed by atoms with van der Waals surface area (Å²) < 4.78 is 15.8.